The molecular formula is C36H44O4. The molecule has 6 atom stereocenters. The number of carbonyl (C=O) groups excluding carboxylic acids is 2. The Morgan fingerprint density at radius 1 is 0.700 bits per heavy atom. The lowest BCUT2D eigenvalue weighted by Gasteiger charge is -2.41. The summed E-state index contributed by atoms with van der Waals surface area (Å²) < 4.78 is 12.2. The van der Waals surface area contributed by atoms with E-state index in [0.29, 0.717) is 24.8 Å². The number of hydrogen-bond acceptors (Lipinski definition) is 4. The molecule has 0 aromatic heterocycles. The maximum Gasteiger partial charge on any atom is 0.168 e. The topological polar surface area (TPSA) is 52.6 Å². The van der Waals surface area contributed by atoms with E-state index in [1.807, 2.05) is 38.1 Å². The summed E-state index contributed by atoms with van der Waals surface area (Å²) in [5, 5.41) is 0. The highest BCUT2D eigenvalue weighted by Gasteiger charge is 2.66. The number of carbonyl (C=O) groups is 2. The molecule has 4 aliphatic rings. The van der Waals surface area contributed by atoms with E-state index in [-0.39, 0.29) is 22.7 Å². The summed E-state index contributed by atoms with van der Waals surface area (Å²) in [5.74, 6) is 0.711. The maximum atomic E-state index is 12.8. The van der Waals surface area contributed by atoms with Gasteiger partial charge in [-0.1, -0.05) is 86.7 Å². The SMILES string of the molecule is C=CC[C@]1(c2ccccc2)C[C@@H](C)C(=O)[C@@]12CCCO2.C=CC[C@]1(c2ccccc2)C[C@@H](C)C(=O)[C@@]12CCCO2. The van der Waals surface area contributed by atoms with Crippen LogP contribution in [0.2, 0.25) is 0 Å². The molecule has 0 radical (unpaired) electrons. The van der Waals surface area contributed by atoms with Crippen LogP contribution in [0.25, 0.3) is 0 Å². The van der Waals surface area contributed by atoms with Crippen molar-refractivity contribution in [3.05, 3.63) is 97.1 Å². The van der Waals surface area contributed by atoms with Gasteiger partial charge in [-0.25, -0.2) is 0 Å². The van der Waals surface area contributed by atoms with E-state index in [0.717, 1.165) is 51.4 Å². The summed E-state index contributed by atoms with van der Waals surface area (Å²) in [4.78, 5) is 25.7. The number of hydrogen-bond donors (Lipinski definition) is 0. The van der Waals surface area contributed by atoms with Crippen LogP contribution in [0.1, 0.15) is 76.3 Å². The molecule has 2 aliphatic heterocycles. The Kier molecular flexibility index (Phi) is 8.05. The predicted octanol–water partition coefficient (Wildman–Crippen LogP) is 7.32. The molecule has 2 saturated carbocycles. The number of benzene rings is 2. The fraction of sp³-hybridized carbons (Fsp3) is 0.500. The van der Waals surface area contributed by atoms with E-state index in [1.54, 1.807) is 0 Å². The smallest absolute Gasteiger partial charge is 0.168 e. The van der Waals surface area contributed by atoms with Crippen LogP contribution < -0.4 is 0 Å². The molecule has 4 fully saturated rings. The molecule has 2 heterocycles. The number of ketones is 2. The van der Waals surface area contributed by atoms with Crippen LogP contribution in [0.15, 0.2) is 86.0 Å². The van der Waals surface area contributed by atoms with Gasteiger partial charge in [0, 0.05) is 35.9 Å². The quantitative estimate of drug-likeness (QED) is 0.360. The van der Waals surface area contributed by atoms with Gasteiger partial charge in [0.25, 0.3) is 0 Å². The molecule has 6 rings (SSSR count). The van der Waals surface area contributed by atoms with Gasteiger partial charge in [-0.05, 0) is 62.5 Å². The van der Waals surface area contributed by atoms with E-state index in [2.05, 4.69) is 61.7 Å². The first-order valence-corrected chi connectivity index (χ1v) is 15.0. The van der Waals surface area contributed by atoms with Crippen molar-refractivity contribution in [3.8, 4) is 0 Å². The van der Waals surface area contributed by atoms with Crippen LogP contribution in [0.5, 0.6) is 0 Å². The monoisotopic (exact) mass is 540 g/mol. The van der Waals surface area contributed by atoms with Gasteiger partial charge in [0.05, 0.1) is 0 Å². The highest BCUT2D eigenvalue weighted by Crippen LogP contribution is 2.58. The Labute approximate surface area is 239 Å². The van der Waals surface area contributed by atoms with Gasteiger partial charge < -0.3 is 9.47 Å². The summed E-state index contributed by atoms with van der Waals surface area (Å²) in [6.07, 6.45) is 10.9. The van der Waals surface area contributed by atoms with E-state index in [9.17, 15) is 9.59 Å². The Morgan fingerprint density at radius 3 is 1.38 bits per heavy atom. The average molecular weight is 541 g/mol. The molecule has 2 saturated heterocycles. The Balaban J connectivity index is 0.000000161. The molecule has 2 aromatic carbocycles. The molecule has 0 unspecified atom stereocenters. The number of Topliss-reactive ketones (excluding diaryl/α,β-unsaturated/α-hetero) is 2. The van der Waals surface area contributed by atoms with Crippen LogP contribution in [0.4, 0.5) is 0 Å². The van der Waals surface area contributed by atoms with Crippen LogP contribution >= 0.6 is 0 Å². The second-order valence-corrected chi connectivity index (χ2v) is 12.4. The third kappa shape index (κ3) is 4.18. The van der Waals surface area contributed by atoms with E-state index < -0.39 is 11.2 Å². The van der Waals surface area contributed by atoms with Crippen molar-refractivity contribution in [2.24, 2.45) is 11.8 Å². The minimum absolute atomic E-state index is 0.0632. The Morgan fingerprint density at radius 2 is 1.07 bits per heavy atom. The number of rotatable bonds is 6. The Bertz CT molecular complexity index is 1120. The van der Waals surface area contributed by atoms with Crippen molar-refractivity contribution >= 4 is 11.6 Å². The van der Waals surface area contributed by atoms with Crippen molar-refractivity contribution in [2.45, 2.75) is 87.2 Å². The lowest BCUT2D eigenvalue weighted by Crippen LogP contribution is -2.51. The zero-order valence-electron chi connectivity index (χ0n) is 24.2. The van der Waals surface area contributed by atoms with Crippen molar-refractivity contribution in [3.63, 3.8) is 0 Å². The van der Waals surface area contributed by atoms with E-state index >= 15 is 0 Å². The fourth-order valence-corrected chi connectivity index (χ4v) is 8.69. The highest BCUT2D eigenvalue weighted by molar-refractivity contribution is 5.95. The molecule has 0 N–H and O–H groups in total. The molecule has 0 bridgehead atoms. The molecule has 2 spiro atoms. The number of ether oxygens (including phenoxy) is 2. The average Bonchev–Trinajstić information content (AvgIpc) is 3.75. The zero-order chi connectivity index (χ0) is 28.4. The summed E-state index contributed by atoms with van der Waals surface area (Å²) in [7, 11) is 0. The molecule has 0 amide bonds. The fourth-order valence-electron chi connectivity index (χ4n) is 8.69. The number of allylic oxidation sites excluding steroid dienone is 2. The summed E-state index contributed by atoms with van der Waals surface area (Å²) in [5.41, 5.74) is 0.731. The van der Waals surface area contributed by atoms with E-state index in [4.69, 9.17) is 9.47 Å². The first kappa shape index (κ1) is 28.7. The van der Waals surface area contributed by atoms with Crippen molar-refractivity contribution in [1.82, 2.24) is 0 Å². The van der Waals surface area contributed by atoms with E-state index in [1.165, 1.54) is 11.1 Å². The first-order chi connectivity index (χ1) is 19.3. The Hall–Kier alpha value is -2.82. The van der Waals surface area contributed by atoms with Crippen molar-refractivity contribution in [2.75, 3.05) is 13.2 Å². The molecule has 40 heavy (non-hydrogen) atoms. The van der Waals surface area contributed by atoms with Crippen LogP contribution in [0, 0.1) is 11.8 Å². The lowest BCUT2D eigenvalue weighted by molar-refractivity contribution is -0.143. The highest BCUT2D eigenvalue weighted by atomic mass is 16.5. The van der Waals surface area contributed by atoms with Crippen LogP contribution in [-0.2, 0) is 29.9 Å². The maximum absolute atomic E-state index is 12.8. The second kappa shape index (κ2) is 11.2. The molecule has 212 valence electrons. The third-order valence-electron chi connectivity index (χ3n) is 10.2. The minimum atomic E-state index is -0.623. The summed E-state index contributed by atoms with van der Waals surface area (Å²) >= 11 is 0. The van der Waals surface area contributed by atoms with Gasteiger partial charge in [-0.2, -0.15) is 0 Å². The molecule has 2 aliphatic carbocycles. The first-order valence-electron chi connectivity index (χ1n) is 15.0. The lowest BCUT2D eigenvalue weighted by atomic mass is 9.66. The van der Waals surface area contributed by atoms with Crippen molar-refractivity contribution in [1.29, 1.82) is 0 Å². The largest absolute Gasteiger partial charge is 0.366 e. The molecule has 2 aromatic rings. The summed E-state index contributed by atoms with van der Waals surface area (Å²) in [6.45, 7) is 13.3. The predicted molar refractivity (Wildman–Crippen MR) is 159 cm³/mol. The van der Waals surface area contributed by atoms with Gasteiger partial charge in [-0.3, -0.25) is 9.59 Å². The van der Waals surface area contributed by atoms with Gasteiger partial charge in [-0.15, -0.1) is 13.2 Å². The molecule has 4 heteroatoms. The zero-order valence-corrected chi connectivity index (χ0v) is 24.2. The molecular weight excluding hydrogens is 496 g/mol. The summed E-state index contributed by atoms with van der Waals surface area (Å²) in [6, 6.07) is 20.8. The van der Waals surface area contributed by atoms with Gasteiger partial charge in [0.2, 0.25) is 0 Å². The standard InChI is InChI=1S/2C18H22O2/c2*1-3-10-17(15-8-5-4-6-9-15)13-14(2)16(19)18(17)11-7-12-20-18/h2*3-6,8-9,14H,1,7,10-13H2,2H3/t2*14-,17-,18+/m11/s1. The van der Waals surface area contributed by atoms with Crippen LogP contribution in [-0.4, -0.2) is 36.0 Å². The van der Waals surface area contributed by atoms with Gasteiger partial charge >= 0.3 is 0 Å². The van der Waals surface area contributed by atoms with Gasteiger partial charge in [0.1, 0.15) is 11.2 Å². The van der Waals surface area contributed by atoms with Crippen LogP contribution in [0.3, 0.4) is 0 Å². The minimum Gasteiger partial charge on any atom is -0.366 e. The normalized spacial score (nSPS) is 36.6. The van der Waals surface area contributed by atoms with Crippen molar-refractivity contribution < 1.29 is 19.1 Å². The molecule has 4 nitrogen and oxygen atoms in total. The third-order valence-corrected chi connectivity index (χ3v) is 10.2. The van der Waals surface area contributed by atoms with Gasteiger partial charge in [0.15, 0.2) is 11.6 Å². The second-order valence-electron chi connectivity index (χ2n) is 12.4.